The molecule has 1 aromatic carbocycles. The van der Waals surface area contributed by atoms with Crippen LogP contribution in [0.2, 0.25) is 0 Å². The van der Waals surface area contributed by atoms with Crippen molar-refractivity contribution >= 4 is 17.5 Å². The van der Waals surface area contributed by atoms with Crippen LogP contribution in [0.15, 0.2) is 24.3 Å². The van der Waals surface area contributed by atoms with Crippen LogP contribution in [-0.4, -0.2) is 52.4 Å². The van der Waals surface area contributed by atoms with Crippen LogP contribution in [-0.2, 0) is 4.74 Å². The van der Waals surface area contributed by atoms with Gasteiger partial charge in [0.15, 0.2) is 0 Å². The summed E-state index contributed by atoms with van der Waals surface area (Å²) in [6, 6.07) is 6.09. The van der Waals surface area contributed by atoms with Gasteiger partial charge in [-0.15, -0.1) is 0 Å². The molecule has 0 aliphatic carbocycles. The number of nitro benzene ring substituents is 1. The molecular formula is C14H17N3O5. The molecule has 118 valence electrons. The zero-order valence-corrected chi connectivity index (χ0v) is 11.8. The van der Waals surface area contributed by atoms with E-state index in [0.717, 1.165) is 0 Å². The molecule has 0 radical (unpaired) electrons. The van der Waals surface area contributed by atoms with Crippen molar-refractivity contribution < 1.29 is 19.6 Å². The van der Waals surface area contributed by atoms with Crippen molar-refractivity contribution in [3.63, 3.8) is 0 Å². The van der Waals surface area contributed by atoms with Crippen molar-refractivity contribution in [2.24, 2.45) is 0 Å². The fourth-order valence-corrected chi connectivity index (χ4v) is 3.32. The third-order valence-corrected chi connectivity index (χ3v) is 4.20. The van der Waals surface area contributed by atoms with E-state index in [1.54, 1.807) is 18.2 Å². The highest BCUT2D eigenvalue weighted by atomic mass is 16.6. The van der Waals surface area contributed by atoms with E-state index in [9.17, 15) is 20.0 Å². The van der Waals surface area contributed by atoms with Crippen molar-refractivity contribution in [3.05, 3.63) is 34.4 Å². The number of fused-ring (bicyclic) bond motifs is 2. The molecule has 0 aromatic heterocycles. The number of nitro groups is 1. The first-order valence-corrected chi connectivity index (χ1v) is 7.15. The number of carbonyl (C=O) groups is 1. The molecule has 1 unspecified atom stereocenters. The number of ether oxygens (including phenoxy) is 1. The molecule has 2 fully saturated rings. The number of hydrogen-bond donors (Lipinski definition) is 2. The number of nitrogens with zero attached hydrogens (tertiary/aromatic N) is 2. The first kappa shape index (κ1) is 14.6. The molecule has 8 nitrogen and oxygen atoms in total. The maximum atomic E-state index is 11.3. The van der Waals surface area contributed by atoms with E-state index in [4.69, 9.17) is 4.74 Å². The average Bonchev–Trinajstić information content (AvgIpc) is 2.46. The second-order valence-corrected chi connectivity index (χ2v) is 5.62. The molecule has 0 spiro atoms. The minimum Gasteiger partial charge on any atom is -0.465 e. The fourth-order valence-electron chi connectivity index (χ4n) is 3.32. The fraction of sp³-hybridized carbons (Fsp3) is 0.500. The molecule has 3 rings (SSSR count). The highest BCUT2D eigenvalue weighted by Crippen LogP contribution is 2.32. The number of rotatable bonds is 3. The number of hydrogen-bond acceptors (Lipinski definition) is 5. The van der Waals surface area contributed by atoms with Gasteiger partial charge in [0.05, 0.1) is 30.2 Å². The Morgan fingerprint density at radius 1 is 1.32 bits per heavy atom. The second-order valence-electron chi connectivity index (χ2n) is 5.62. The van der Waals surface area contributed by atoms with Crippen molar-refractivity contribution in [2.75, 3.05) is 18.5 Å². The molecule has 1 amide bonds. The number of nitrogens with one attached hydrogen (secondary N) is 1. The van der Waals surface area contributed by atoms with Crippen molar-refractivity contribution in [1.82, 2.24) is 4.90 Å². The molecule has 2 N–H and O–H groups in total. The Balaban J connectivity index is 1.76. The summed E-state index contributed by atoms with van der Waals surface area (Å²) in [4.78, 5) is 23.4. The molecule has 2 heterocycles. The standard InChI is InChI=1S/C14H17N3O5/c18-14(19)16-10-5-9(6-11(16)8-22-7-10)15-12-3-1-2-4-13(12)17(20)21/h1-4,9-11,15H,5-8H2,(H,18,19)/t9?,10-,11+. The quantitative estimate of drug-likeness (QED) is 0.653. The van der Waals surface area contributed by atoms with E-state index in [2.05, 4.69) is 5.32 Å². The Labute approximate surface area is 126 Å². The molecule has 2 bridgehead atoms. The molecule has 0 saturated carbocycles. The minimum atomic E-state index is -0.928. The third kappa shape index (κ3) is 2.69. The Morgan fingerprint density at radius 2 is 1.95 bits per heavy atom. The van der Waals surface area contributed by atoms with Gasteiger partial charge in [-0.05, 0) is 18.9 Å². The third-order valence-electron chi connectivity index (χ3n) is 4.20. The first-order chi connectivity index (χ1) is 10.6. The zero-order valence-electron chi connectivity index (χ0n) is 11.8. The number of para-hydroxylation sites is 2. The molecule has 8 heteroatoms. The van der Waals surface area contributed by atoms with Gasteiger partial charge < -0.3 is 15.2 Å². The minimum absolute atomic E-state index is 0.00407. The van der Waals surface area contributed by atoms with E-state index in [-0.39, 0.29) is 23.8 Å². The SMILES string of the molecule is O=C(O)N1[C@@H]2COC[C@H]1CC(Nc1ccccc1[N+](=O)[O-])C2. The number of amides is 1. The summed E-state index contributed by atoms with van der Waals surface area (Å²) in [6.45, 7) is 0.746. The molecule has 2 saturated heterocycles. The molecule has 22 heavy (non-hydrogen) atoms. The van der Waals surface area contributed by atoms with Crippen LogP contribution in [0.5, 0.6) is 0 Å². The maximum absolute atomic E-state index is 11.3. The Hall–Kier alpha value is -2.35. The largest absolute Gasteiger partial charge is 0.465 e. The van der Waals surface area contributed by atoms with Gasteiger partial charge in [0.1, 0.15) is 5.69 Å². The van der Waals surface area contributed by atoms with E-state index < -0.39 is 11.0 Å². The lowest BCUT2D eigenvalue weighted by Crippen LogP contribution is -2.60. The molecule has 2 aliphatic rings. The van der Waals surface area contributed by atoms with Crippen molar-refractivity contribution in [2.45, 2.75) is 31.0 Å². The van der Waals surface area contributed by atoms with Crippen LogP contribution in [0.3, 0.4) is 0 Å². The Kier molecular flexibility index (Phi) is 3.84. The number of benzene rings is 1. The van der Waals surface area contributed by atoms with Crippen LogP contribution in [0, 0.1) is 10.1 Å². The van der Waals surface area contributed by atoms with E-state index >= 15 is 0 Å². The lowest BCUT2D eigenvalue weighted by Gasteiger charge is -2.47. The van der Waals surface area contributed by atoms with Crippen LogP contribution in [0.4, 0.5) is 16.2 Å². The Bertz CT molecular complexity index is 580. The topological polar surface area (TPSA) is 105 Å². The lowest BCUT2D eigenvalue weighted by molar-refractivity contribution is -0.384. The molecule has 1 aromatic rings. The van der Waals surface area contributed by atoms with Gasteiger partial charge in [0.2, 0.25) is 0 Å². The Morgan fingerprint density at radius 3 is 2.55 bits per heavy atom. The zero-order chi connectivity index (χ0) is 15.7. The summed E-state index contributed by atoms with van der Waals surface area (Å²) in [5.41, 5.74) is 0.504. The molecule has 3 atom stereocenters. The van der Waals surface area contributed by atoms with Crippen LogP contribution < -0.4 is 5.32 Å². The second kappa shape index (κ2) is 5.80. The average molecular weight is 307 g/mol. The van der Waals surface area contributed by atoms with Crippen molar-refractivity contribution in [3.8, 4) is 0 Å². The smallest absolute Gasteiger partial charge is 0.407 e. The van der Waals surface area contributed by atoms with Crippen LogP contribution >= 0.6 is 0 Å². The summed E-state index contributed by atoms with van der Waals surface area (Å²) in [7, 11) is 0. The summed E-state index contributed by atoms with van der Waals surface area (Å²) in [6.07, 6.45) is 0.228. The summed E-state index contributed by atoms with van der Waals surface area (Å²) in [5.74, 6) is 0. The van der Waals surface area contributed by atoms with Gasteiger partial charge in [0.25, 0.3) is 5.69 Å². The highest BCUT2D eigenvalue weighted by molar-refractivity contribution is 5.67. The number of piperidine rings is 1. The summed E-state index contributed by atoms with van der Waals surface area (Å²) in [5, 5.41) is 23.6. The van der Waals surface area contributed by atoms with Gasteiger partial charge >= 0.3 is 6.09 Å². The van der Waals surface area contributed by atoms with Gasteiger partial charge in [-0.2, -0.15) is 0 Å². The van der Waals surface area contributed by atoms with E-state index in [1.807, 2.05) is 0 Å². The van der Waals surface area contributed by atoms with Crippen LogP contribution in [0.25, 0.3) is 0 Å². The van der Waals surface area contributed by atoms with Gasteiger partial charge in [-0.3, -0.25) is 15.0 Å². The van der Waals surface area contributed by atoms with Crippen molar-refractivity contribution in [1.29, 1.82) is 0 Å². The maximum Gasteiger partial charge on any atom is 0.407 e. The molecular weight excluding hydrogens is 290 g/mol. The van der Waals surface area contributed by atoms with E-state index in [0.29, 0.717) is 31.7 Å². The van der Waals surface area contributed by atoms with Gasteiger partial charge in [0, 0.05) is 12.1 Å². The number of anilines is 1. The highest BCUT2D eigenvalue weighted by Gasteiger charge is 2.42. The predicted molar refractivity (Wildman–Crippen MR) is 78.0 cm³/mol. The molecule has 2 aliphatic heterocycles. The summed E-state index contributed by atoms with van der Waals surface area (Å²) < 4.78 is 5.44. The van der Waals surface area contributed by atoms with Gasteiger partial charge in [-0.1, -0.05) is 12.1 Å². The number of morpholine rings is 1. The van der Waals surface area contributed by atoms with E-state index in [1.165, 1.54) is 11.0 Å². The van der Waals surface area contributed by atoms with Crippen LogP contribution in [0.1, 0.15) is 12.8 Å². The first-order valence-electron chi connectivity index (χ1n) is 7.15. The lowest BCUT2D eigenvalue weighted by atomic mass is 9.90. The predicted octanol–water partition coefficient (Wildman–Crippen LogP) is 1.92. The monoisotopic (exact) mass is 307 g/mol. The van der Waals surface area contributed by atoms with Gasteiger partial charge in [-0.25, -0.2) is 4.79 Å². The summed E-state index contributed by atoms with van der Waals surface area (Å²) >= 11 is 0. The normalized spacial score (nSPS) is 27.3. The number of carboxylic acid groups (broad SMARTS) is 1.